The summed E-state index contributed by atoms with van der Waals surface area (Å²) in [7, 11) is -3.80. The standard InChI is InChI=1S/C26H30N2O3S2/c1-18(2)28(33(30,31)22-11-7-20(4)8-12-22)17-25(29)27-15-13-24-23(14-16-32-24)26(27)21-9-5-19(3)6-10-21/h5-12,14,16,18,26H,13,15,17H2,1-4H3. The number of carbonyl (C=O) groups excluding carboxylic acids is 1. The fourth-order valence-electron chi connectivity index (χ4n) is 4.31. The van der Waals surface area contributed by atoms with Crippen molar-refractivity contribution in [1.82, 2.24) is 9.21 Å². The molecule has 0 N–H and O–H groups in total. The van der Waals surface area contributed by atoms with Gasteiger partial charge in [0.15, 0.2) is 0 Å². The molecule has 4 rings (SSSR count). The molecule has 3 aromatic rings. The van der Waals surface area contributed by atoms with Gasteiger partial charge < -0.3 is 4.90 Å². The van der Waals surface area contributed by atoms with Gasteiger partial charge in [-0.15, -0.1) is 11.3 Å². The monoisotopic (exact) mass is 482 g/mol. The summed E-state index contributed by atoms with van der Waals surface area (Å²) < 4.78 is 28.1. The summed E-state index contributed by atoms with van der Waals surface area (Å²) in [5.74, 6) is -0.179. The van der Waals surface area contributed by atoms with Crippen molar-refractivity contribution < 1.29 is 13.2 Å². The summed E-state index contributed by atoms with van der Waals surface area (Å²) in [6, 6.07) is 16.6. The predicted molar refractivity (Wildman–Crippen MR) is 133 cm³/mol. The summed E-state index contributed by atoms with van der Waals surface area (Å²) in [6.45, 7) is 7.96. The normalized spacial score (nSPS) is 16.3. The first-order valence-corrected chi connectivity index (χ1v) is 13.5. The molecule has 5 nitrogen and oxygen atoms in total. The lowest BCUT2D eigenvalue weighted by Gasteiger charge is -2.38. The van der Waals surface area contributed by atoms with Crippen LogP contribution in [0.25, 0.3) is 0 Å². The van der Waals surface area contributed by atoms with Gasteiger partial charge >= 0.3 is 0 Å². The minimum absolute atomic E-state index is 0.179. The van der Waals surface area contributed by atoms with Crippen LogP contribution in [0.5, 0.6) is 0 Å². The molecule has 1 amide bonds. The fraction of sp³-hybridized carbons (Fsp3) is 0.346. The number of aryl methyl sites for hydroxylation is 2. The molecule has 33 heavy (non-hydrogen) atoms. The van der Waals surface area contributed by atoms with E-state index in [0.29, 0.717) is 6.54 Å². The zero-order valence-electron chi connectivity index (χ0n) is 19.5. The van der Waals surface area contributed by atoms with Gasteiger partial charge in [-0.2, -0.15) is 4.31 Å². The fourth-order valence-corrected chi connectivity index (χ4v) is 6.80. The number of hydrogen-bond acceptors (Lipinski definition) is 4. The molecule has 1 atom stereocenters. The van der Waals surface area contributed by atoms with Crippen LogP contribution < -0.4 is 0 Å². The van der Waals surface area contributed by atoms with E-state index in [9.17, 15) is 13.2 Å². The smallest absolute Gasteiger partial charge is 0.243 e. The molecular weight excluding hydrogens is 452 g/mol. The molecule has 0 fully saturated rings. The largest absolute Gasteiger partial charge is 0.330 e. The van der Waals surface area contributed by atoms with Crippen LogP contribution in [-0.4, -0.2) is 42.7 Å². The van der Waals surface area contributed by atoms with Crippen molar-refractivity contribution in [2.24, 2.45) is 0 Å². The summed E-state index contributed by atoms with van der Waals surface area (Å²) in [5.41, 5.74) is 4.34. The number of benzene rings is 2. The third-order valence-electron chi connectivity index (χ3n) is 6.17. The Balaban J connectivity index is 1.66. The second kappa shape index (κ2) is 9.41. The Morgan fingerprint density at radius 1 is 1.03 bits per heavy atom. The van der Waals surface area contributed by atoms with E-state index in [-0.39, 0.29) is 29.4 Å². The highest BCUT2D eigenvalue weighted by Crippen LogP contribution is 2.38. The van der Waals surface area contributed by atoms with Crippen molar-refractivity contribution in [3.05, 3.63) is 87.1 Å². The number of fused-ring (bicyclic) bond motifs is 1. The molecule has 0 aliphatic carbocycles. The molecular formula is C26H30N2O3S2. The molecule has 174 valence electrons. The maximum atomic E-state index is 13.7. The Kier molecular flexibility index (Phi) is 6.75. The first-order chi connectivity index (χ1) is 15.7. The topological polar surface area (TPSA) is 57.7 Å². The van der Waals surface area contributed by atoms with Crippen molar-refractivity contribution in [3.8, 4) is 0 Å². The van der Waals surface area contributed by atoms with Gasteiger partial charge in [0.05, 0.1) is 17.5 Å². The zero-order chi connectivity index (χ0) is 23.8. The van der Waals surface area contributed by atoms with E-state index in [1.165, 1.54) is 9.18 Å². The average Bonchev–Trinajstić information content (AvgIpc) is 3.26. The van der Waals surface area contributed by atoms with Gasteiger partial charge in [-0.1, -0.05) is 47.5 Å². The molecule has 1 aliphatic rings. The van der Waals surface area contributed by atoms with Crippen molar-refractivity contribution in [1.29, 1.82) is 0 Å². The van der Waals surface area contributed by atoms with E-state index in [2.05, 4.69) is 35.7 Å². The Labute approximate surface area is 200 Å². The number of nitrogens with zero attached hydrogens (tertiary/aromatic N) is 2. The van der Waals surface area contributed by atoms with Crippen LogP contribution >= 0.6 is 11.3 Å². The SMILES string of the molecule is Cc1ccc(C2c3ccsc3CCN2C(=O)CN(C(C)C)S(=O)(=O)c2ccc(C)cc2)cc1. The number of carbonyl (C=O) groups is 1. The van der Waals surface area contributed by atoms with E-state index in [1.54, 1.807) is 35.6 Å². The highest BCUT2D eigenvalue weighted by Gasteiger charge is 2.36. The van der Waals surface area contributed by atoms with Crippen LogP contribution in [0, 0.1) is 13.8 Å². The van der Waals surface area contributed by atoms with E-state index in [4.69, 9.17) is 0 Å². The molecule has 1 aromatic heterocycles. The maximum Gasteiger partial charge on any atom is 0.243 e. The number of hydrogen-bond donors (Lipinski definition) is 0. The van der Waals surface area contributed by atoms with Gasteiger partial charge in [-0.25, -0.2) is 8.42 Å². The Hall–Kier alpha value is -2.48. The molecule has 2 heterocycles. The molecule has 0 bridgehead atoms. The third-order valence-corrected chi connectivity index (χ3v) is 9.21. The second-order valence-corrected chi connectivity index (χ2v) is 11.8. The van der Waals surface area contributed by atoms with E-state index >= 15 is 0 Å². The van der Waals surface area contributed by atoms with Crippen molar-refractivity contribution in [3.63, 3.8) is 0 Å². The summed E-state index contributed by atoms with van der Waals surface area (Å²) in [6.07, 6.45) is 0.785. The highest BCUT2D eigenvalue weighted by atomic mass is 32.2. The third kappa shape index (κ3) is 4.76. The first kappa shape index (κ1) is 23.7. The van der Waals surface area contributed by atoms with Gasteiger partial charge in [0, 0.05) is 17.5 Å². The van der Waals surface area contributed by atoms with Gasteiger partial charge in [0.1, 0.15) is 0 Å². The van der Waals surface area contributed by atoms with Crippen LogP contribution in [-0.2, 0) is 21.2 Å². The van der Waals surface area contributed by atoms with Crippen molar-refractivity contribution in [2.45, 2.75) is 51.1 Å². The lowest BCUT2D eigenvalue weighted by molar-refractivity contribution is -0.133. The summed E-state index contributed by atoms with van der Waals surface area (Å²) in [5, 5.41) is 2.07. The van der Waals surface area contributed by atoms with Crippen molar-refractivity contribution in [2.75, 3.05) is 13.1 Å². The number of thiophene rings is 1. The van der Waals surface area contributed by atoms with Gasteiger partial charge in [-0.3, -0.25) is 4.79 Å². The van der Waals surface area contributed by atoms with Crippen LogP contribution in [0.4, 0.5) is 0 Å². The molecule has 0 saturated carbocycles. The van der Waals surface area contributed by atoms with E-state index in [0.717, 1.165) is 28.7 Å². The lowest BCUT2D eigenvalue weighted by atomic mass is 9.92. The van der Waals surface area contributed by atoms with Crippen LogP contribution in [0.3, 0.4) is 0 Å². The molecule has 0 spiro atoms. The second-order valence-electron chi connectivity index (χ2n) is 8.91. The quantitative estimate of drug-likeness (QED) is 0.500. The average molecular weight is 483 g/mol. The van der Waals surface area contributed by atoms with E-state index < -0.39 is 10.0 Å². The van der Waals surface area contributed by atoms with Gasteiger partial charge in [0.2, 0.25) is 15.9 Å². The number of sulfonamides is 1. The number of amides is 1. The van der Waals surface area contributed by atoms with Crippen LogP contribution in [0.15, 0.2) is 64.9 Å². The summed E-state index contributed by atoms with van der Waals surface area (Å²) in [4.78, 5) is 17.0. The molecule has 1 unspecified atom stereocenters. The van der Waals surface area contributed by atoms with Crippen LogP contribution in [0.2, 0.25) is 0 Å². The Bertz CT molecular complexity index is 1230. The molecule has 1 aliphatic heterocycles. The van der Waals surface area contributed by atoms with Gasteiger partial charge in [-0.05, 0) is 68.8 Å². The Morgan fingerprint density at radius 2 is 1.64 bits per heavy atom. The zero-order valence-corrected chi connectivity index (χ0v) is 21.1. The van der Waals surface area contributed by atoms with Gasteiger partial charge in [0.25, 0.3) is 0 Å². The highest BCUT2D eigenvalue weighted by molar-refractivity contribution is 7.89. The van der Waals surface area contributed by atoms with E-state index in [1.807, 2.05) is 32.6 Å². The molecule has 7 heteroatoms. The summed E-state index contributed by atoms with van der Waals surface area (Å²) >= 11 is 1.72. The molecule has 2 aromatic carbocycles. The molecule has 0 radical (unpaired) electrons. The minimum atomic E-state index is -3.80. The molecule has 0 saturated heterocycles. The Morgan fingerprint density at radius 3 is 2.24 bits per heavy atom. The first-order valence-electron chi connectivity index (χ1n) is 11.2. The minimum Gasteiger partial charge on any atom is -0.330 e. The number of rotatable bonds is 6. The maximum absolute atomic E-state index is 13.7. The predicted octanol–water partition coefficient (Wildman–Crippen LogP) is 4.94. The van der Waals surface area contributed by atoms with Crippen molar-refractivity contribution >= 4 is 27.3 Å². The lowest BCUT2D eigenvalue weighted by Crippen LogP contribution is -2.48. The van der Waals surface area contributed by atoms with Crippen LogP contribution in [0.1, 0.15) is 47.0 Å².